The lowest BCUT2D eigenvalue weighted by molar-refractivity contribution is -0.132. The van der Waals surface area contributed by atoms with Crippen LogP contribution in [0.3, 0.4) is 0 Å². The number of amides is 1. The second-order valence-electron chi connectivity index (χ2n) is 8.70. The summed E-state index contributed by atoms with van der Waals surface area (Å²) < 4.78 is 6.25. The minimum absolute atomic E-state index is 0.0144. The van der Waals surface area contributed by atoms with E-state index in [-0.39, 0.29) is 11.5 Å². The summed E-state index contributed by atoms with van der Waals surface area (Å²) in [4.78, 5) is 14.6. The number of hydrogen-bond donors (Lipinski definition) is 1. The Kier molecular flexibility index (Phi) is 5.07. The van der Waals surface area contributed by atoms with Gasteiger partial charge in [-0.3, -0.25) is 9.69 Å². The van der Waals surface area contributed by atoms with Crippen LogP contribution in [0.25, 0.3) is 0 Å². The molecular formula is C22H32N2O2. The number of rotatable bonds is 4. The van der Waals surface area contributed by atoms with Crippen molar-refractivity contribution in [1.29, 1.82) is 0 Å². The van der Waals surface area contributed by atoms with E-state index >= 15 is 0 Å². The number of ether oxygens (including phenoxy) is 1. The summed E-state index contributed by atoms with van der Waals surface area (Å²) in [6.45, 7) is 8.33. The Morgan fingerprint density at radius 2 is 1.96 bits per heavy atom. The molecule has 1 aliphatic carbocycles. The molecule has 0 bridgehead atoms. The standard InChI is InChI=1S/C22H32N2O2/c1-16-3-4-18(13-17(16)2)15-24-10-8-22(9-11-24)14-20(7-12-26-22)23-21(25)19-5-6-19/h3-4,13,19-20H,5-12,14-15H2,1-2H3,(H,23,25)/t20-/m1/s1. The molecule has 0 unspecified atom stereocenters. The van der Waals surface area contributed by atoms with E-state index in [2.05, 4.69) is 42.3 Å². The molecule has 3 aliphatic rings. The highest BCUT2D eigenvalue weighted by Gasteiger charge is 2.41. The molecule has 2 aliphatic heterocycles. The van der Waals surface area contributed by atoms with E-state index in [1.807, 2.05) is 0 Å². The van der Waals surface area contributed by atoms with Crippen molar-refractivity contribution in [3.63, 3.8) is 0 Å². The van der Waals surface area contributed by atoms with Crippen LogP contribution >= 0.6 is 0 Å². The van der Waals surface area contributed by atoms with Crippen LogP contribution < -0.4 is 5.32 Å². The number of hydrogen-bond acceptors (Lipinski definition) is 3. The van der Waals surface area contributed by atoms with Crippen molar-refractivity contribution >= 4 is 5.91 Å². The van der Waals surface area contributed by atoms with Crippen LogP contribution in [-0.4, -0.2) is 42.1 Å². The van der Waals surface area contributed by atoms with Crippen molar-refractivity contribution < 1.29 is 9.53 Å². The fourth-order valence-electron chi connectivity index (χ4n) is 4.44. The lowest BCUT2D eigenvalue weighted by Gasteiger charge is -2.46. The second kappa shape index (κ2) is 7.32. The van der Waals surface area contributed by atoms with E-state index < -0.39 is 0 Å². The SMILES string of the molecule is Cc1ccc(CN2CCC3(CC2)C[C@H](NC(=O)C2CC2)CCO3)cc1C. The van der Waals surface area contributed by atoms with Crippen molar-refractivity contribution in [3.05, 3.63) is 34.9 Å². The molecule has 1 atom stereocenters. The molecule has 142 valence electrons. The average Bonchev–Trinajstić information content (AvgIpc) is 3.46. The molecular weight excluding hydrogens is 324 g/mol. The molecule has 1 aromatic rings. The maximum Gasteiger partial charge on any atom is 0.223 e. The first-order valence-electron chi connectivity index (χ1n) is 10.3. The maximum absolute atomic E-state index is 12.1. The number of benzene rings is 1. The molecule has 1 saturated carbocycles. The molecule has 0 aromatic heterocycles. The minimum Gasteiger partial charge on any atom is -0.375 e. The Hall–Kier alpha value is -1.39. The van der Waals surface area contributed by atoms with Crippen LogP contribution in [-0.2, 0) is 16.1 Å². The Balaban J connectivity index is 1.30. The number of aryl methyl sites for hydroxylation is 2. The molecule has 2 saturated heterocycles. The van der Waals surface area contributed by atoms with Gasteiger partial charge in [0.25, 0.3) is 0 Å². The number of carbonyl (C=O) groups is 1. The van der Waals surface area contributed by atoms with E-state index in [1.165, 1.54) is 16.7 Å². The van der Waals surface area contributed by atoms with Crippen molar-refractivity contribution in [2.75, 3.05) is 19.7 Å². The molecule has 26 heavy (non-hydrogen) atoms. The normalized spacial score (nSPS) is 26.0. The topological polar surface area (TPSA) is 41.6 Å². The summed E-state index contributed by atoms with van der Waals surface area (Å²) >= 11 is 0. The molecule has 1 spiro atoms. The van der Waals surface area contributed by atoms with Crippen LogP contribution in [0.1, 0.15) is 55.2 Å². The summed E-state index contributed by atoms with van der Waals surface area (Å²) in [5, 5.41) is 3.28. The largest absolute Gasteiger partial charge is 0.375 e. The van der Waals surface area contributed by atoms with E-state index in [4.69, 9.17) is 4.74 Å². The minimum atomic E-state index is -0.0144. The highest BCUT2D eigenvalue weighted by Crippen LogP contribution is 2.36. The molecule has 1 aromatic carbocycles. The first kappa shape index (κ1) is 18.0. The van der Waals surface area contributed by atoms with Gasteiger partial charge in [0.15, 0.2) is 0 Å². The third-order valence-corrected chi connectivity index (χ3v) is 6.53. The molecule has 4 heteroatoms. The van der Waals surface area contributed by atoms with Crippen LogP contribution in [0.4, 0.5) is 0 Å². The van der Waals surface area contributed by atoms with Gasteiger partial charge >= 0.3 is 0 Å². The van der Waals surface area contributed by atoms with Crippen molar-refractivity contribution in [2.24, 2.45) is 5.92 Å². The molecule has 1 N–H and O–H groups in total. The van der Waals surface area contributed by atoms with Gasteiger partial charge in [-0.25, -0.2) is 0 Å². The van der Waals surface area contributed by atoms with Crippen LogP contribution in [0.2, 0.25) is 0 Å². The highest BCUT2D eigenvalue weighted by atomic mass is 16.5. The highest BCUT2D eigenvalue weighted by molar-refractivity contribution is 5.81. The van der Waals surface area contributed by atoms with Gasteiger partial charge in [-0.15, -0.1) is 0 Å². The summed E-state index contributed by atoms with van der Waals surface area (Å²) in [5.74, 6) is 0.577. The van der Waals surface area contributed by atoms with Crippen molar-refractivity contribution in [3.8, 4) is 0 Å². The maximum atomic E-state index is 12.1. The summed E-state index contributed by atoms with van der Waals surface area (Å²) in [7, 11) is 0. The third kappa shape index (κ3) is 4.12. The summed E-state index contributed by atoms with van der Waals surface area (Å²) in [6, 6.07) is 7.12. The number of nitrogens with zero attached hydrogens (tertiary/aromatic N) is 1. The van der Waals surface area contributed by atoms with E-state index in [1.54, 1.807) is 0 Å². The molecule has 2 heterocycles. The Bertz CT molecular complexity index is 660. The Morgan fingerprint density at radius 1 is 1.19 bits per heavy atom. The number of nitrogens with one attached hydrogen (secondary N) is 1. The van der Waals surface area contributed by atoms with Gasteiger partial charge in [-0.2, -0.15) is 0 Å². The molecule has 3 fully saturated rings. The van der Waals surface area contributed by atoms with E-state index in [0.29, 0.717) is 12.0 Å². The number of piperidine rings is 1. The summed E-state index contributed by atoms with van der Waals surface area (Å²) in [5.41, 5.74) is 4.13. The van der Waals surface area contributed by atoms with Crippen molar-refractivity contribution in [1.82, 2.24) is 10.2 Å². The van der Waals surface area contributed by atoms with Gasteiger partial charge < -0.3 is 10.1 Å². The predicted molar refractivity (Wildman–Crippen MR) is 103 cm³/mol. The van der Waals surface area contributed by atoms with Crippen LogP contribution in [0.15, 0.2) is 18.2 Å². The van der Waals surface area contributed by atoms with Gasteiger partial charge in [0.1, 0.15) is 0 Å². The lowest BCUT2D eigenvalue weighted by Crippen LogP contribution is -2.53. The Morgan fingerprint density at radius 3 is 2.65 bits per heavy atom. The van der Waals surface area contributed by atoms with Gasteiger partial charge in [-0.05, 0) is 69.1 Å². The molecule has 4 rings (SSSR count). The lowest BCUT2D eigenvalue weighted by atomic mass is 9.82. The smallest absolute Gasteiger partial charge is 0.223 e. The second-order valence-corrected chi connectivity index (χ2v) is 8.70. The quantitative estimate of drug-likeness (QED) is 0.900. The fourth-order valence-corrected chi connectivity index (χ4v) is 4.44. The van der Waals surface area contributed by atoms with Gasteiger partial charge in [0, 0.05) is 38.2 Å². The van der Waals surface area contributed by atoms with Crippen molar-refractivity contribution in [2.45, 2.75) is 70.6 Å². The zero-order valence-corrected chi connectivity index (χ0v) is 16.2. The number of likely N-dealkylation sites (tertiary alicyclic amines) is 1. The van der Waals surface area contributed by atoms with E-state index in [0.717, 1.165) is 64.8 Å². The fraction of sp³-hybridized carbons (Fsp3) is 0.682. The zero-order chi connectivity index (χ0) is 18.1. The molecule has 1 amide bonds. The van der Waals surface area contributed by atoms with Crippen LogP contribution in [0, 0.1) is 19.8 Å². The van der Waals surface area contributed by atoms with Gasteiger partial charge in [0.05, 0.1) is 5.60 Å². The molecule has 0 radical (unpaired) electrons. The number of carbonyl (C=O) groups excluding carboxylic acids is 1. The monoisotopic (exact) mass is 356 g/mol. The molecule has 4 nitrogen and oxygen atoms in total. The predicted octanol–water partition coefficient (Wildman–Crippen LogP) is 3.34. The average molecular weight is 357 g/mol. The Labute approximate surface area is 157 Å². The summed E-state index contributed by atoms with van der Waals surface area (Å²) in [6.07, 6.45) is 6.26. The first-order chi connectivity index (χ1) is 12.5. The van der Waals surface area contributed by atoms with E-state index in [9.17, 15) is 4.79 Å². The van der Waals surface area contributed by atoms with Gasteiger partial charge in [-0.1, -0.05) is 18.2 Å². The third-order valence-electron chi connectivity index (χ3n) is 6.53. The first-order valence-corrected chi connectivity index (χ1v) is 10.3. The van der Waals surface area contributed by atoms with Crippen LogP contribution in [0.5, 0.6) is 0 Å². The van der Waals surface area contributed by atoms with Gasteiger partial charge in [0.2, 0.25) is 5.91 Å². The zero-order valence-electron chi connectivity index (χ0n) is 16.2.